The molecule has 0 aliphatic rings. The number of nitrogens with one attached hydrogen (secondary N) is 1. The van der Waals surface area contributed by atoms with Crippen LogP contribution in [-0.4, -0.2) is 11.5 Å². The smallest absolute Gasteiger partial charge is 0.141 e. The molecule has 0 saturated heterocycles. The quantitative estimate of drug-likeness (QED) is 0.696. The first-order valence-electron chi connectivity index (χ1n) is 6.62. The maximum absolute atomic E-state index is 12.8. The van der Waals surface area contributed by atoms with E-state index in [1.54, 1.807) is 6.07 Å². The van der Waals surface area contributed by atoms with Gasteiger partial charge in [0, 0.05) is 6.04 Å². The summed E-state index contributed by atoms with van der Waals surface area (Å²) in [5, 5.41) is 3.48. The second-order valence-corrected chi connectivity index (χ2v) is 4.40. The first-order chi connectivity index (χ1) is 8.27. The SMILES string of the molecule is CCCCCC(NCCC)c1ccc(F)cn1. The summed E-state index contributed by atoms with van der Waals surface area (Å²) in [7, 11) is 0. The predicted molar refractivity (Wildman–Crippen MR) is 69.4 cm³/mol. The highest BCUT2D eigenvalue weighted by atomic mass is 19.1. The third-order valence-electron chi connectivity index (χ3n) is 2.84. The van der Waals surface area contributed by atoms with Crippen LogP contribution in [0, 0.1) is 5.82 Å². The molecule has 0 aromatic carbocycles. The molecule has 0 aliphatic carbocycles. The van der Waals surface area contributed by atoms with Crippen LogP contribution in [0.15, 0.2) is 18.3 Å². The maximum atomic E-state index is 12.8. The normalized spacial score (nSPS) is 12.6. The van der Waals surface area contributed by atoms with Crippen molar-refractivity contribution >= 4 is 0 Å². The van der Waals surface area contributed by atoms with Crippen LogP contribution < -0.4 is 5.32 Å². The second kappa shape index (κ2) is 8.18. The third-order valence-corrected chi connectivity index (χ3v) is 2.84. The molecule has 0 spiro atoms. The lowest BCUT2D eigenvalue weighted by Gasteiger charge is -2.17. The van der Waals surface area contributed by atoms with Gasteiger partial charge in [-0.05, 0) is 31.5 Å². The second-order valence-electron chi connectivity index (χ2n) is 4.40. The lowest BCUT2D eigenvalue weighted by Crippen LogP contribution is -2.23. The van der Waals surface area contributed by atoms with Crippen molar-refractivity contribution in [2.75, 3.05) is 6.54 Å². The fourth-order valence-electron chi connectivity index (χ4n) is 1.86. The number of unbranched alkanes of at least 4 members (excludes halogenated alkanes) is 2. The Bertz CT molecular complexity index is 298. The average Bonchev–Trinajstić information content (AvgIpc) is 2.35. The van der Waals surface area contributed by atoms with Crippen LogP contribution in [0.4, 0.5) is 4.39 Å². The molecule has 0 fully saturated rings. The van der Waals surface area contributed by atoms with E-state index < -0.39 is 0 Å². The first-order valence-corrected chi connectivity index (χ1v) is 6.62. The van der Waals surface area contributed by atoms with E-state index in [9.17, 15) is 4.39 Å². The van der Waals surface area contributed by atoms with Gasteiger partial charge in [-0.25, -0.2) is 4.39 Å². The van der Waals surface area contributed by atoms with Crippen LogP contribution in [-0.2, 0) is 0 Å². The maximum Gasteiger partial charge on any atom is 0.141 e. The van der Waals surface area contributed by atoms with E-state index in [1.807, 2.05) is 0 Å². The highest BCUT2D eigenvalue weighted by molar-refractivity contribution is 5.09. The molecule has 0 radical (unpaired) electrons. The number of aromatic nitrogens is 1. The van der Waals surface area contributed by atoms with Crippen molar-refractivity contribution in [1.29, 1.82) is 0 Å². The highest BCUT2D eigenvalue weighted by Crippen LogP contribution is 2.18. The standard InChI is InChI=1S/C14H23FN2/c1-3-5-6-7-13(16-10-4-2)14-9-8-12(15)11-17-14/h8-9,11,13,16H,3-7,10H2,1-2H3. The highest BCUT2D eigenvalue weighted by Gasteiger charge is 2.11. The number of halogens is 1. The lowest BCUT2D eigenvalue weighted by molar-refractivity contribution is 0.464. The number of hydrogen-bond donors (Lipinski definition) is 1. The number of rotatable bonds is 8. The predicted octanol–water partition coefficient (Wildman–Crippen LogP) is 3.84. The van der Waals surface area contributed by atoms with Crippen LogP contribution >= 0.6 is 0 Å². The van der Waals surface area contributed by atoms with E-state index >= 15 is 0 Å². The van der Waals surface area contributed by atoms with Gasteiger partial charge in [-0.1, -0.05) is 33.1 Å². The molecule has 0 saturated carbocycles. The van der Waals surface area contributed by atoms with Gasteiger partial charge in [0.25, 0.3) is 0 Å². The molecule has 0 amide bonds. The van der Waals surface area contributed by atoms with Crippen LogP contribution in [0.5, 0.6) is 0 Å². The van der Waals surface area contributed by atoms with Gasteiger partial charge in [0.05, 0.1) is 11.9 Å². The molecule has 0 bridgehead atoms. The summed E-state index contributed by atoms with van der Waals surface area (Å²) in [5.41, 5.74) is 0.955. The molecule has 1 aromatic rings. The first kappa shape index (κ1) is 14.1. The van der Waals surface area contributed by atoms with E-state index in [-0.39, 0.29) is 11.9 Å². The van der Waals surface area contributed by atoms with Gasteiger partial charge in [-0.2, -0.15) is 0 Å². The number of nitrogens with zero attached hydrogens (tertiary/aromatic N) is 1. The third kappa shape index (κ3) is 5.26. The van der Waals surface area contributed by atoms with Gasteiger partial charge in [-0.3, -0.25) is 4.98 Å². The number of hydrogen-bond acceptors (Lipinski definition) is 2. The lowest BCUT2D eigenvalue weighted by atomic mass is 10.0. The topological polar surface area (TPSA) is 24.9 Å². The molecule has 1 aromatic heterocycles. The van der Waals surface area contributed by atoms with Crippen molar-refractivity contribution in [3.8, 4) is 0 Å². The Morgan fingerprint density at radius 3 is 2.65 bits per heavy atom. The van der Waals surface area contributed by atoms with Crippen molar-refractivity contribution in [3.05, 3.63) is 29.8 Å². The van der Waals surface area contributed by atoms with Gasteiger partial charge in [0.1, 0.15) is 5.82 Å². The zero-order valence-electron chi connectivity index (χ0n) is 10.9. The molecule has 3 heteroatoms. The van der Waals surface area contributed by atoms with Gasteiger partial charge in [0.15, 0.2) is 0 Å². The van der Waals surface area contributed by atoms with E-state index in [2.05, 4.69) is 24.1 Å². The monoisotopic (exact) mass is 238 g/mol. The molecule has 1 heterocycles. The minimum Gasteiger partial charge on any atom is -0.309 e. The van der Waals surface area contributed by atoms with E-state index in [4.69, 9.17) is 0 Å². The molecular weight excluding hydrogens is 215 g/mol. The molecule has 0 aliphatic heterocycles. The van der Waals surface area contributed by atoms with Gasteiger partial charge < -0.3 is 5.32 Å². The fourth-order valence-corrected chi connectivity index (χ4v) is 1.86. The van der Waals surface area contributed by atoms with Crippen molar-refractivity contribution < 1.29 is 4.39 Å². The van der Waals surface area contributed by atoms with Crippen LogP contribution in [0.25, 0.3) is 0 Å². The summed E-state index contributed by atoms with van der Waals surface area (Å²) in [6, 6.07) is 3.54. The van der Waals surface area contributed by atoms with Crippen molar-refractivity contribution in [1.82, 2.24) is 10.3 Å². The summed E-state index contributed by atoms with van der Waals surface area (Å²) in [4.78, 5) is 4.17. The molecule has 17 heavy (non-hydrogen) atoms. The summed E-state index contributed by atoms with van der Waals surface area (Å²) >= 11 is 0. The Morgan fingerprint density at radius 1 is 1.24 bits per heavy atom. The Hall–Kier alpha value is -0.960. The minimum absolute atomic E-state index is 0.266. The zero-order chi connectivity index (χ0) is 12.5. The molecule has 96 valence electrons. The Morgan fingerprint density at radius 2 is 2.06 bits per heavy atom. The summed E-state index contributed by atoms with van der Waals surface area (Å²) in [6.07, 6.45) is 7.13. The van der Waals surface area contributed by atoms with Crippen LogP contribution in [0.3, 0.4) is 0 Å². The van der Waals surface area contributed by atoms with Gasteiger partial charge in [0.2, 0.25) is 0 Å². The minimum atomic E-state index is -0.267. The summed E-state index contributed by atoms with van der Waals surface area (Å²) < 4.78 is 12.8. The van der Waals surface area contributed by atoms with E-state index in [0.29, 0.717) is 0 Å². The van der Waals surface area contributed by atoms with Crippen molar-refractivity contribution in [3.63, 3.8) is 0 Å². The number of pyridine rings is 1. The Labute approximate surface area is 104 Å². The fraction of sp³-hybridized carbons (Fsp3) is 0.643. The van der Waals surface area contributed by atoms with Gasteiger partial charge >= 0.3 is 0 Å². The van der Waals surface area contributed by atoms with Gasteiger partial charge in [-0.15, -0.1) is 0 Å². The van der Waals surface area contributed by atoms with Crippen LogP contribution in [0.1, 0.15) is 57.7 Å². The zero-order valence-corrected chi connectivity index (χ0v) is 10.9. The average molecular weight is 238 g/mol. The Balaban J connectivity index is 2.57. The Kier molecular flexibility index (Phi) is 6.78. The largest absolute Gasteiger partial charge is 0.309 e. The van der Waals surface area contributed by atoms with Crippen molar-refractivity contribution in [2.24, 2.45) is 0 Å². The summed E-state index contributed by atoms with van der Waals surface area (Å²) in [5.74, 6) is -0.267. The molecule has 2 nitrogen and oxygen atoms in total. The molecule has 1 unspecified atom stereocenters. The molecule has 1 N–H and O–H groups in total. The van der Waals surface area contributed by atoms with Crippen LogP contribution in [0.2, 0.25) is 0 Å². The summed E-state index contributed by atoms with van der Waals surface area (Å²) in [6.45, 7) is 5.33. The van der Waals surface area contributed by atoms with E-state index in [1.165, 1.54) is 31.5 Å². The molecule has 1 atom stereocenters. The van der Waals surface area contributed by atoms with E-state index in [0.717, 1.165) is 25.1 Å². The molecular formula is C14H23FN2. The molecule has 1 rings (SSSR count). The van der Waals surface area contributed by atoms with Crippen molar-refractivity contribution in [2.45, 2.75) is 52.0 Å².